The molecule has 0 N–H and O–H groups in total. The Morgan fingerprint density at radius 2 is 1.39 bits per heavy atom. The molecule has 1 unspecified atom stereocenters. The summed E-state index contributed by atoms with van der Waals surface area (Å²) in [7, 11) is 0. The predicted octanol–water partition coefficient (Wildman–Crippen LogP) is 15.5. The smallest absolute Gasteiger partial charge is 0.0934 e. The van der Waals surface area contributed by atoms with Crippen molar-refractivity contribution < 1.29 is 23.7 Å². The normalized spacial score (nSPS) is 29.1. The predicted molar refractivity (Wildman–Crippen MR) is 279 cm³/mol. The van der Waals surface area contributed by atoms with Gasteiger partial charge in [0.05, 0.1) is 32.0 Å². The van der Waals surface area contributed by atoms with E-state index in [1.165, 1.54) is 141 Å². The van der Waals surface area contributed by atoms with Crippen LogP contribution in [0.3, 0.4) is 0 Å². The van der Waals surface area contributed by atoms with Crippen molar-refractivity contribution in [2.24, 2.45) is 46.3 Å². The van der Waals surface area contributed by atoms with E-state index in [4.69, 9.17) is 23.7 Å². The molecule has 0 spiro atoms. The van der Waals surface area contributed by atoms with Gasteiger partial charge in [0, 0.05) is 52.7 Å². The number of hydrogen-bond acceptors (Lipinski definition) is 6. The summed E-state index contributed by atoms with van der Waals surface area (Å²) < 4.78 is 30.9. The molecule has 0 aromatic carbocycles. The van der Waals surface area contributed by atoms with E-state index in [2.05, 4.69) is 76.8 Å². The highest BCUT2D eigenvalue weighted by molar-refractivity contribution is 5.25. The second-order valence-corrected chi connectivity index (χ2v) is 23.1. The molecule has 0 aromatic heterocycles. The molecule has 0 radical (unpaired) electrons. The number of unbranched alkanes of at least 4 members (excludes halogenated alkanes) is 11. The maximum absolute atomic E-state index is 6.56. The second kappa shape index (κ2) is 32.1. The molecule has 9 atom stereocenters. The molecule has 0 bridgehead atoms. The fraction of sp³-hybridized carbons (Fsp3) is 0.900. The Bertz CT molecular complexity index is 1340. The van der Waals surface area contributed by atoms with Gasteiger partial charge in [-0.1, -0.05) is 148 Å². The molecule has 1 saturated heterocycles. The molecule has 6 heteroatoms. The highest BCUT2D eigenvalue weighted by Gasteiger charge is 2.59. The van der Waals surface area contributed by atoms with Crippen molar-refractivity contribution in [1.29, 1.82) is 0 Å². The van der Waals surface area contributed by atoms with E-state index >= 15 is 0 Å². The molecular weight excluding hydrogens is 815 g/mol. The largest absolute Gasteiger partial charge is 0.381 e. The molecule has 382 valence electrons. The SMILES string of the molecule is CCCCC/C=C\C/C=C\CCCCCCCCCCOCC(CN1CCOCC1)OCCCOCCCO[C@H]1CC[C@@]2(C)C(=CC[C@H]3[C@@H]4CC[C@H]([C@H](C)CCCC(C)C)[C@@]4(C)CC[C@@H]32)C1. The fourth-order valence-electron chi connectivity index (χ4n) is 13.7. The van der Waals surface area contributed by atoms with Crippen LogP contribution in [0.2, 0.25) is 0 Å². The summed E-state index contributed by atoms with van der Waals surface area (Å²) in [6.07, 6.45) is 47.8. The lowest BCUT2D eigenvalue weighted by atomic mass is 9.47. The number of ether oxygens (including phenoxy) is 5. The first-order valence-corrected chi connectivity index (χ1v) is 28.9. The number of rotatable bonds is 36. The highest BCUT2D eigenvalue weighted by atomic mass is 16.5. The van der Waals surface area contributed by atoms with Gasteiger partial charge in [-0.15, -0.1) is 0 Å². The first kappa shape index (κ1) is 55.9. The lowest BCUT2D eigenvalue weighted by Crippen LogP contribution is -2.51. The van der Waals surface area contributed by atoms with Gasteiger partial charge in [0.1, 0.15) is 0 Å². The van der Waals surface area contributed by atoms with Gasteiger partial charge in [-0.25, -0.2) is 0 Å². The minimum absolute atomic E-state index is 0.104. The Morgan fingerprint density at radius 3 is 2.14 bits per heavy atom. The van der Waals surface area contributed by atoms with E-state index in [1.54, 1.807) is 5.57 Å². The van der Waals surface area contributed by atoms with Crippen LogP contribution in [0.4, 0.5) is 0 Å². The van der Waals surface area contributed by atoms with Gasteiger partial charge in [-0.2, -0.15) is 0 Å². The Morgan fingerprint density at radius 1 is 0.697 bits per heavy atom. The average Bonchev–Trinajstić information content (AvgIpc) is 3.67. The maximum Gasteiger partial charge on any atom is 0.0934 e. The summed E-state index contributed by atoms with van der Waals surface area (Å²) in [4.78, 5) is 2.47. The van der Waals surface area contributed by atoms with Gasteiger partial charge >= 0.3 is 0 Å². The van der Waals surface area contributed by atoms with Crippen LogP contribution in [0, 0.1) is 46.3 Å². The summed E-state index contributed by atoms with van der Waals surface area (Å²) in [6, 6.07) is 0. The van der Waals surface area contributed by atoms with Gasteiger partial charge in [-0.05, 0) is 149 Å². The summed E-state index contributed by atoms with van der Waals surface area (Å²) in [5, 5.41) is 0. The second-order valence-electron chi connectivity index (χ2n) is 23.1. The number of morpholine rings is 1. The van der Waals surface area contributed by atoms with Crippen LogP contribution in [0.5, 0.6) is 0 Å². The van der Waals surface area contributed by atoms with Gasteiger partial charge < -0.3 is 23.7 Å². The minimum atomic E-state index is 0.104. The van der Waals surface area contributed by atoms with E-state index in [0.29, 0.717) is 23.5 Å². The first-order valence-electron chi connectivity index (χ1n) is 28.9. The van der Waals surface area contributed by atoms with E-state index in [1.807, 2.05) is 0 Å². The van der Waals surface area contributed by atoms with Crippen molar-refractivity contribution in [3.8, 4) is 0 Å². The lowest BCUT2D eigenvalue weighted by molar-refractivity contribution is -0.0653. The molecular formula is C60H107NO5. The van der Waals surface area contributed by atoms with E-state index in [9.17, 15) is 0 Å². The molecule has 66 heavy (non-hydrogen) atoms. The van der Waals surface area contributed by atoms with Crippen molar-refractivity contribution in [1.82, 2.24) is 4.90 Å². The Labute approximate surface area is 409 Å². The van der Waals surface area contributed by atoms with E-state index < -0.39 is 0 Å². The van der Waals surface area contributed by atoms with Crippen LogP contribution in [-0.2, 0) is 23.7 Å². The van der Waals surface area contributed by atoms with Crippen LogP contribution >= 0.6 is 0 Å². The molecule has 1 heterocycles. The third-order valence-electron chi connectivity index (χ3n) is 17.7. The monoisotopic (exact) mass is 922 g/mol. The molecule has 5 rings (SSSR count). The number of fused-ring (bicyclic) bond motifs is 5. The van der Waals surface area contributed by atoms with Gasteiger partial charge in [0.2, 0.25) is 0 Å². The van der Waals surface area contributed by atoms with Crippen molar-refractivity contribution in [2.45, 2.75) is 227 Å². The number of allylic oxidation sites excluding steroid dienone is 5. The minimum Gasteiger partial charge on any atom is -0.381 e. The summed E-state index contributed by atoms with van der Waals surface area (Å²) in [5.74, 6) is 5.39. The first-order chi connectivity index (χ1) is 32.2. The average molecular weight is 923 g/mol. The fourth-order valence-corrected chi connectivity index (χ4v) is 13.7. The molecule has 4 aliphatic carbocycles. The molecule has 0 aromatic rings. The zero-order valence-electron chi connectivity index (χ0n) is 44.4. The number of nitrogens with zero attached hydrogens (tertiary/aromatic N) is 1. The summed E-state index contributed by atoms with van der Waals surface area (Å²) >= 11 is 0. The molecule has 3 saturated carbocycles. The van der Waals surface area contributed by atoms with Crippen molar-refractivity contribution in [3.05, 3.63) is 36.0 Å². The number of hydrogen-bond donors (Lipinski definition) is 0. The topological polar surface area (TPSA) is 49.4 Å². The van der Waals surface area contributed by atoms with Crippen molar-refractivity contribution >= 4 is 0 Å². The summed E-state index contributed by atoms with van der Waals surface area (Å²) in [5.41, 5.74) is 2.71. The molecule has 1 aliphatic heterocycles. The Hall–Kier alpha value is -1.02. The van der Waals surface area contributed by atoms with Crippen LogP contribution in [0.25, 0.3) is 0 Å². The van der Waals surface area contributed by atoms with Crippen LogP contribution < -0.4 is 0 Å². The quantitative estimate of drug-likeness (QED) is 0.0461. The summed E-state index contributed by atoms with van der Waals surface area (Å²) in [6.45, 7) is 24.1. The van der Waals surface area contributed by atoms with Crippen LogP contribution in [-0.4, -0.2) is 89.6 Å². The van der Waals surface area contributed by atoms with Crippen LogP contribution in [0.15, 0.2) is 36.0 Å². The molecule has 4 fully saturated rings. The molecule has 5 aliphatic rings. The van der Waals surface area contributed by atoms with Crippen molar-refractivity contribution in [2.75, 3.05) is 72.5 Å². The van der Waals surface area contributed by atoms with Crippen molar-refractivity contribution in [3.63, 3.8) is 0 Å². The van der Waals surface area contributed by atoms with Crippen LogP contribution in [0.1, 0.15) is 215 Å². The zero-order valence-corrected chi connectivity index (χ0v) is 44.4. The Kier molecular flexibility index (Phi) is 27.1. The third kappa shape index (κ3) is 19.0. The van der Waals surface area contributed by atoms with E-state index in [0.717, 1.165) is 133 Å². The van der Waals surface area contributed by atoms with Gasteiger partial charge in [0.15, 0.2) is 0 Å². The highest BCUT2D eigenvalue weighted by Crippen LogP contribution is 2.67. The third-order valence-corrected chi connectivity index (χ3v) is 17.7. The van der Waals surface area contributed by atoms with E-state index in [-0.39, 0.29) is 6.10 Å². The molecule has 6 nitrogen and oxygen atoms in total. The zero-order chi connectivity index (χ0) is 46.7. The Balaban J connectivity index is 0.868. The lowest BCUT2D eigenvalue weighted by Gasteiger charge is -2.58. The maximum atomic E-state index is 6.56. The van der Waals surface area contributed by atoms with Gasteiger partial charge in [0.25, 0.3) is 0 Å². The van der Waals surface area contributed by atoms with Gasteiger partial charge in [-0.3, -0.25) is 4.90 Å². The standard InChI is InChI=1S/C60H107NO5/c1-7-8-9-10-11-12-13-14-15-16-17-18-19-20-21-22-23-24-40-64-49-54(48-61-38-45-63-46-39-61)66-44-27-42-62-41-26-43-65-53-34-36-59(5)52(47-53)30-31-55-57-33-32-56(51(4)29-25-28-50(2)3)60(57,6)37-35-58(55)59/h11-12,14-15,30,50-51,53-58H,7-10,13,16-29,31-49H2,1-6H3/b12-11-,15-14-/t51-,53+,54?,55+,56-,57+,58+,59+,60-/m1/s1. The molecule has 0 amide bonds.